The van der Waals surface area contributed by atoms with E-state index in [-0.39, 0.29) is 18.0 Å². The summed E-state index contributed by atoms with van der Waals surface area (Å²) in [5.41, 5.74) is 0.865. The summed E-state index contributed by atoms with van der Waals surface area (Å²) in [6.07, 6.45) is 1.28. The average molecular weight is 308 g/mol. The Balaban J connectivity index is 1.60. The van der Waals surface area contributed by atoms with E-state index in [1.165, 1.54) is 0 Å². The van der Waals surface area contributed by atoms with Crippen molar-refractivity contribution >= 4 is 23.3 Å². The second kappa shape index (κ2) is 5.63. The highest BCUT2D eigenvalue weighted by molar-refractivity contribution is 7.09. The van der Waals surface area contributed by atoms with E-state index in [1.807, 2.05) is 22.2 Å². The van der Waals surface area contributed by atoms with Crippen molar-refractivity contribution in [3.05, 3.63) is 16.1 Å². The molecule has 1 aromatic rings. The zero-order valence-corrected chi connectivity index (χ0v) is 13.2. The van der Waals surface area contributed by atoms with Crippen LogP contribution in [0.15, 0.2) is 5.38 Å². The highest BCUT2D eigenvalue weighted by Gasteiger charge is 2.39. The van der Waals surface area contributed by atoms with Gasteiger partial charge in [0.1, 0.15) is 0 Å². The third-order valence-electron chi connectivity index (χ3n) is 4.13. The Morgan fingerprint density at radius 1 is 1.43 bits per heavy atom. The number of carbonyl (C=O) groups is 2. The van der Waals surface area contributed by atoms with Crippen LogP contribution in [-0.4, -0.2) is 70.9 Å². The lowest BCUT2D eigenvalue weighted by Gasteiger charge is -2.36. The smallest absolute Gasteiger partial charge is 0.320 e. The molecule has 2 fully saturated rings. The van der Waals surface area contributed by atoms with E-state index in [0.717, 1.165) is 17.1 Å². The quantitative estimate of drug-likeness (QED) is 0.831. The van der Waals surface area contributed by atoms with Gasteiger partial charge in [-0.3, -0.25) is 4.79 Å². The fourth-order valence-corrected chi connectivity index (χ4v) is 3.71. The number of rotatable bonds is 3. The standard InChI is InChI=1S/C14H20N4O2S/c1-3-12-15-10(9-21-12)6-13(19)17-4-5-18-11(8-17)7-16(2)14(18)20/h9,11H,3-8H2,1-2H3. The van der Waals surface area contributed by atoms with Crippen LogP contribution in [0.2, 0.25) is 0 Å². The zero-order valence-electron chi connectivity index (χ0n) is 12.4. The van der Waals surface area contributed by atoms with Gasteiger partial charge >= 0.3 is 6.03 Å². The fourth-order valence-electron chi connectivity index (χ4n) is 2.96. The minimum absolute atomic E-state index is 0.0826. The number of carbonyl (C=O) groups excluding carboxylic acids is 2. The molecule has 3 heterocycles. The summed E-state index contributed by atoms with van der Waals surface area (Å²) in [6.45, 7) is 4.67. The minimum atomic E-state index is 0.0826. The summed E-state index contributed by atoms with van der Waals surface area (Å²) < 4.78 is 0. The molecule has 1 atom stereocenters. The topological polar surface area (TPSA) is 56.8 Å². The number of likely N-dealkylation sites (N-methyl/N-ethyl adjacent to an activating group) is 1. The molecule has 0 N–H and O–H groups in total. The van der Waals surface area contributed by atoms with Crippen LogP contribution < -0.4 is 0 Å². The molecule has 3 rings (SSSR count). The Bertz CT molecular complexity index is 559. The first-order chi connectivity index (χ1) is 10.1. The van der Waals surface area contributed by atoms with Gasteiger partial charge in [0.25, 0.3) is 0 Å². The Morgan fingerprint density at radius 2 is 2.24 bits per heavy atom. The molecular weight excluding hydrogens is 288 g/mol. The predicted molar refractivity (Wildman–Crippen MR) is 80.3 cm³/mol. The molecule has 2 saturated heterocycles. The van der Waals surface area contributed by atoms with Gasteiger partial charge in [-0.25, -0.2) is 9.78 Å². The second-order valence-corrected chi connectivity index (χ2v) is 6.56. The van der Waals surface area contributed by atoms with Crippen molar-refractivity contribution in [1.82, 2.24) is 19.7 Å². The van der Waals surface area contributed by atoms with Gasteiger partial charge in [-0.15, -0.1) is 11.3 Å². The number of urea groups is 1. The number of piperazine rings is 1. The molecule has 114 valence electrons. The maximum atomic E-state index is 12.4. The van der Waals surface area contributed by atoms with E-state index in [1.54, 1.807) is 16.2 Å². The van der Waals surface area contributed by atoms with E-state index in [9.17, 15) is 9.59 Å². The van der Waals surface area contributed by atoms with Gasteiger partial charge in [0, 0.05) is 38.6 Å². The molecule has 2 aliphatic heterocycles. The summed E-state index contributed by atoms with van der Waals surface area (Å²) in [7, 11) is 1.81. The number of fused-ring (bicyclic) bond motifs is 1. The van der Waals surface area contributed by atoms with Crippen molar-refractivity contribution in [3.8, 4) is 0 Å². The molecule has 1 aromatic heterocycles. The average Bonchev–Trinajstić information content (AvgIpc) is 3.04. The SMILES string of the molecule is CCc1nc(CC(=O)N2CCN3C(=O)N(C)CC3C2)cs1. The van der Waals surface area contributed by atoms with Crippen LogP contribution in [-0.2, 0) is 17.6 Å². The summed E-state index contributed by atoms with van der Waals surface area (Å²) in [5.74, 6) is 0.115. The lowest BCUT2D eigenvalue weighted by Crippen LogP contribution is -2.54. The molecule has 0 aromatic carbocycles. The maximum absolute atomic E-state index is 12.4. The first kappa shape index (κ1) is 14.3. The summed E-state index contributed by atoms with van der Waals surface area (Å²) in [6, 6.07) is 0.223. The normalized spacial score (nSPS) is 21.9. The monoisotopic (exact) mass is 308 g/mol. The summed E-state index contributed by atoms with van der Waals surface area (Å²) >= 11 is 1.61. The van der Waals surface area contributed by atoms with Crippen molar-refractivity contribution in [3.63, 3.8) is 0 Å². The van der Waals surface area contributed by atoms with Crippen LogP contribution >= 0.6 is 11.3 Å². The van der Waals surface area contributed by atoms with Crippen LogP contribution in [0.1, 0.15) is 17.6 Å². The molecule has 0 saturated carbocycles. The molecule has 3 amide bonds. The van der Waals surface area contributed by atoms with Gasteiger partial charge < -0.3 is 14.7 Å². The van der Waals surface area contributed by atoms with E-state index in [4.69, 9.17) is 0 Å². The highest BCUT2D eigenvalue weighted by Crippen LogP contribution is 2.20. The first-order valence-corrected chi connectivity index (χ1v) is 8.19. The molecule has 6 nitrogen and oxygen atoms in total. The zero-order chi connectivity index (χ0) is 15.0. The van der Waals surface area contributed by atoms with E-state index in [0.29, 0.717) is 32.6 Å². The Morgan fingerprint density at radius 3 is 2.95 bits per heavy atom. The van der Waals surface area contributed by atoms with Crippen LogP contribution in [0, 0.1) is 0 Å². The van der Waals surface area contributed by atoms with Crippen molar-refractivity contribution < 1.29 is 9.59 Å². The number of hydrogen-bond donors (Lipinski definition) is 0. The largest absolute Gasteiger partial charge is 0.338 e. The van der Waals surface area contributed by atoms with Crippen LogP contribution in [0.5, 0.6) is 0 Å². The first-order valence-electron chi connectivity index (χ1n) is 7.31. The number of thiazole rings is 1. The van der Waals surface area contributed by atoms with Crippen molar-refractivity contribution in [2.24, 2.45) is 0 Å². The fraction of sp³-hybridized carbons (Fsp3) is 0.643. The van der Waals surface area contributed by atoms with E-state index < -0.39 is 0 Å². The molecule has 0 bridgehead atoms. The molecule has 0 spiro atoms. The van der Waals surface area contributed by atoms with Crippen LogP contribution in [0.3, 0.4) is 0 Å². The van der Waals surface area contributed by atoms with Crippen LogP contribution in [0.4, 0.5) is 4.79 Å². The molecular formula is C14H20N4O2S. The van der Waals surface area contributed by atoms with Gasteiger partial charge in [0.15, 0.2) is 0 Å². The Kier molecular flexibility index (Phi) is 3.84. The second-order valence-electron chi connectivity index (χ2n) is 5.61. The highest BCUT2D eigenvalue weighted by atomic mass is 32.1. The molecule has 7 heteroatoms. The van der Waals surface area contributed by atoms with Gasteiger partial charge in [-0.2, -0.15) is 0 Å². The van der Waals surface area contributed by atoms with Crippen LogP contribution in [0.25, 0.3) is 0 Å². The summed E-state index contributed by atoms with van der Waals surface area (Å²) in [5, 5.41) is 3.05. The summed E-state index contributed by atoms with van der Waals surface area (Å²) in [4.78, 5) is 34.2. The number of amides is 3. The number of nitrogens with zero attached hydrogens (tertiary/aromatic N) is 4. The van der Waals surface area contributed by atoms with E-state index in [2.05, 4.69) is 11.9 Å². The number of aryl methyl sites for hydroxylation is 1. The Labute approximate surface area is 128 Å². The molecule has 2 aliphatic rings. The number of aromatic nitrogens is 1. The van der Waals surface area contributed by atoms with Gasteiger partial charge in [0.05, 0.1) is 23.2 Å². The Hall–Kier alpha value is -1.63. The molecule has 21 heavy (non-hydrogen) atoms. The van der Waals surface area contributed by atoms with Gasteiger partial charge in [-0.05, 0) is 6.42 Å². The molecule has 1 unspecified atom stereocenters. The molecule has 0 aliphatic carbocycles. The third kappa shape index (κ3) is 2.74. The minimum Gasteiger partial charge on any atom is -0.338 e. The number of hydrogen-bond acceptors (Lipinski definition) is 4. The van der Waals surface area contributed by atoms with Crippen molar-refractivity contribution in [2.45, 2.75) is 25.8 Å². The predicted octanol–water partition coefficient (Wildman–Crippen LogP) is 0.826. The van der Waals surface area contributed by atoms with Crippen molar-refractivity contribution in [1.29, 1.82) is 0 Å². The lowest BCUT2D eigenvalue weighted by molar-refractivity contribution is -0.132. The molecule has 0 radical (unpaired) electrons. The van der Waals surface area contributed by atoms with Gasteiger partial charge in [0.2, 0.25) is 5.91 Å². The van der Waals surface area contributed by atoms with Gasteiger partial charge in [-0.1, -0.05) is 6.92 Å². The lowest BCUT2D eigenvalue weighted by atomic mass is 10.1. The van der Waals surface area contributed by atoms with Crippen molar-refractivity contribution in [2.75, 3.05) is 33.2 Å². The third-order valence-corrected chi connectivity index (χ3v) is 5.17. The van der Waals surface area contributed by atoms with E-state index >= 15 is 0 Å². The maximum Gasteiger partial charge on any atom is 0.320 e.